The number of nitrogens with zero attached hydrogens (tertiary/aromatic N) is 2. The minimum absolute atomic E-state index is 0.0650. The van der Waals surface area contributed by atoms with Crippen molar-refractivity contribution in [2.45, 2.75) is 18.4 Å². The van der Waals surface area contributed by atoms with Crippen molar-refractivity contribution >= 4 is 17.6 Å². The van der Waals surface area contributed by atoms with Crippen molar-refractivity contribution in [2.75, 3.05) is 19.3 Å². The molecule has 0 amide bonds. The van der Waals surface area contributed by atoms with Gasteiger partial charge in [0.1, 0.15) is 11.6 Å². The van der Waals surface area contributed by atoms with Crippen LogP contribution in [0.2, 0.25) is 0 Å². The highest BCUT2D eigenvalue weighted by Crippen LogP contribution is 2.33. The number of nitriles is 1. The molecule has 0 aliphatic carbocycles. The number of nitrogen functional groups attached to an aromatic ring is 1. The summed E-state index contributed by atoms with van der Waals surface area (Å²) in [6.07, 6.45) is 2.54. The third-order valence-corrected chi connectivity index (χ3v) is 4.56. The molecule has 0 spiro atoms. The molecular weight excluding hydrogens is 302 g/mol. The van der Waals surface area contributed by atoms with Crippen LogP contribution in [-0.4, -0.2) is 34.6 Å². The van der Waals surface area contributed by atoms with Crippen LogP contribution in [0, 0.1) is 11.3 Å². The zero-order chi connectivity index (χ0) is 17.3. The molecule has 1 saturated heterocycles. The average Bonchev–Trinajstić information content (AvgIpc) is 3.11. The molecule has 2 aromatic rings. The monoisotopic (exact) mass is 323 g/mol. The zero-order valence-electron chi connectivity index (χ0n) is 13.5. The topological polar surface area (TPSA) is 115 Å². The number of H-pyrrole nitrogens is 1. The molecular formula is C18H21N5O. The first-order valence-corrected chi connectivity index (χ1v) is 7.83. The van der Waals surface area contributed by atoms with E-state index in [0.717, 1.165) is 24.2 Å². The second kappa shape index (κ2) is 6.30. The summed E-state index contributed by atoms with van der Waals surface area (Å²) in [7, 11) is 1.96. The number of hydrogen-bond acceptors (Lipinski definition) is 5. The lowest BCUT2D eigenvalue weighted by molar-refractivity contribution is 0.360. The fraction of sp³-hybridized carbons (Fsp3) is 0.278. The molecule has 1 aromatic heterocycles. The molecule has 2 atom stereocenters. The van der Waals surface area contributed by atoms with Crippen LogP contribution in [0.15, 0.2) is 30.3 Å². The Morgan fingerprint density at radius 3 is 2.88 bits per heavy atom. The number of aromatic nitrogens is 1. The number of anilines is 1. The number of rotatable bonds is 3. The van der Waals surface area contributed by atoms with Gasteiger partial charge in [-0.1, -0.05) is 12.1 Å². The molecule has 6 heteroatoms. The van der Waals surface area contributed by atoms with Crippen LogP contribution in [0.4, 0.5) is 5.82 Å². The summed E-state index contributed by atoms with van der Waals surface area (Å²) in [6, 6.07) is 11.1. The summed E-state index contributed by atoms with van der Waals surface area (Å²) in [5.41, 5.74) is 15.0. The van der Waals surface area contributed by atoms with Gasteiger partial charge in [-0.15, -0.1) is 0 Å². The van der Waals surface area contributed by atoms with Gasteiger partial charge in [-0.25, -0.2) is 0 Å². The molecule has 124 valence electrons. The summed E-state index contributed by atoms with van der Waals surface area (Å²) in [6.45, 7) is 0.816. The molecule has 3 rings (SSSR count). The highest BCUT2D eigenvalue weighted by molar-refractivity contribution is 5.84. The van der Waals surface area contributed by atoms with E-state index in [9.17, 15) is 5.11 Å². The summed E-state index contributed by atoms with van der Waals surface area (Å²) in [4.78, 5) is 5.25. The summed E-state index contributed by atoms with van der Waals surface area (Å²) >= 11 is 0. The third-order valence-electron chi connectivity index (χ3n) is 4.56. The van der Waals surface area contributed by atoms with Crippen molar-refractivity contribution in [3.8, 4) is 11.8 Å². The number of phenols is 1. The largest absolute Gasteiger partial charge is 0.507 e. The molecule has 2 heterocycles. The molecule has 0 radical (unpaired) electrons. The Morgan fingerprint density at radius 1 is 1.46 bits per heavy atom. The summed E-state index contributed by atoms with van der Waals surface area (Å²) in [5, 5.41) is 19.1. The second-order valence-electron chi connectivity index (χ2n) is 6.23. The SMILES string of the molecule is CN1CC(c2cc(/C=C(\N)c3ccccc3O)c(N)[nH]2)CC1C#N. The first-order chi connectivity index (χ1) is 11.5. The molecule has 1 aliphatic heterocycles. The summed E-state index contributed by atoms with van der Waals surface area (Å²) < 4.78 is 0. The normalized spacial score (nSPS) is 21.8. The first kappa shape index (κ1) is 16.0. The highest BCUT2D eigenvalue weighted by Gasteiger charge is 2.31. The van der Waals surface area contributed by atoms with Gasteiger partial charge in [0.05, 0.1) is 12.1 Å². The molecule has 1 fully saturated rings. The Morgan fingerprint density at radius 2 is 2.21 bits per heavy atom. The van der Waals surface area contributed by atoms with Crippen molar-refractivity contribution in [2.24, 2.45) is 5.73 Å². The van der Waals surface area contributed by atoms with Gasteiger partial charge >= 0.3 is 0 Å². The van der Waals surface area contributed by atoms with Gasteiger partial charge in [0.2, 0.25) is 0 Å². The molecule has 0 saturated carbocycles. The number of aromatic hydroxyl groups is 1. The number of phenolic OH excluding ortho intramolecular Hbond substituents is 1. The second-order valence-corrected chi connectivity index (χ2v) is 6.23. The van der Waals surface area contributed by atoms with E-state index in [4.69, 9.17) is 16.7 Å². The van der Waals surface area contributed by atoms with E-state index in [1.165, 1.54) is 0 Å². The van der Waals surface area contributed by atoms with Gasteiger partial charge in [0.25, 0.3) is 0 Å². The molecule has 0 bridgehead atoms. The first-order valence-electron chi connectivity index (χ1n) is 7.83. The van der Waals surface area contributed by atoms with Gasteiger partial charge in [-0.3, -0.25) is 4.90 Å². The number of likely N-dealkylation sites (N-methyl/N-ethyl adjacent to an activating group) is 1. The van der Waals surface area contributed by atoms with E-state index in [1.54, 1.807) is 24.3 Å². The van der Waals surface area contributed by atoms with Gasteiger partial charge in [0.15, 0.2) is 0 Å². The molecule has 1 aromatic carbocycles. The van der Waals surface area contributed by atoms with Gasteiger partial charge in [-0.2, -0.15) is 5.26 Å². The fourth-order valence-electron chi connectivity index (χ4n) is 3.19. The number of nitrogens with one attached hydrogen (secondary N) is 1. The maximum absolute atomic E-state index is 9.90. The van der Waals surface area contributed by atoms with Crippen molar-refractivity contribution in [3.63, 3.8) is 0 Å². The van der Waals surface area contributed by atoms with Crippen molar-refractivity contribution < 1.29 is 5.11 Å². The Kier molecular flexibility index (Phi) is 4.19. The zero-order valence-corrected chi connectivity index (χ0v) is 13.5. The third kappa shape index (κ3) is 2.94. The van der Waals surface area contributed by atoms with Crippen LogP contribution in [0.1, 0.15) is 29.2 Å². The Hall–Kier alpha value is -2.91. The number of aromatic amines is 1. The molecule has 2 unspecified atom stereocenters. The van der Waals surface area contributed by atoms with E-state index >= 15 is 0 Å². The molecule has 24 heavy (non-hydrogen) atoms. The Balaban J connectivity index is 1.86. The maximum atomic E-state index is 9.90. The lowest BCUT2D eigenvalue weighted by atomic mass is 10.0. The smallest absolute Gasteiger partial charge is 0.124 e. The number of hydrogen-bond donors (Lipinski definition) is 4. The van der Waals surface area contributed by atoms with Crippen LogP contribution < -0.4 is 11.5 Å². The van der Waals surface area contributed by atoms with Gasteiger partial charge < -0.3 is 21.6 Å². The van der Waals surface area contributed by atoms with Crippen LogP contribution in [-0.2, 0) is 0 Å². The fourth-order valence-corrected chi connectivity index (χ4v) is 3.19. The van der Waals surface area contributed by atoms with Crippen molar-refractivity contribution in [1.29, 1.82) is 5.26 Å². The Bertz CT molecular complexity index is 817. The van der Waals surface area contributed by atoms with Gasteiger partial charge in [0, 0.05) is 35.0 Å². The quantitative estimate of drug-likeness (QED) is 0.690. The number of para-hydroxylation sites is 1. The van der Waals surface area contributed by atoms with Crippen LogP contribution in [0.5, 0.6) is 5.75 Å². The molecule has 6 N–H and O–H groups in total. The van der Waals surface area contributed by atoms with Crippen molar-refractivity contribution in [3.05, 3.63) is 47.2 Å². The van der Waals surface area contributed by atoms with E-state index in [1.807, 2.05) is 24.1 Å². The summed E-state index contributed by atoms with van der Waals surface area (Å²) in [5.74, 6) is 0.914. The van der Waals surface area contributed by atoms with Crippen LogP contribution in [0.3, 0.4) is 0 Å². The van der Waals surface area contributed by atoms with E-state index in [2.05, 4.69) is 11.1 Å². The predicted molar refractivity (Wildman–Crippen MR) is 94.8 cm³/mol. The lowest BCUT2D eigenvalue weighted by Crippen LogP contribution is -2.22. The highest BCUT2D eigenvalue weighted by atomic mass is 16.3. The van der Waals surface area contributed by atoms with Crippen molar-refractivity contribution in [1.82, 2.24) is 9.88 Å². The van der Waals surface area contributed by atoms with Gasteiger partial charge in [-0.05, 0) is 37.7 Å². The number of nitrogens with two attached hydrogens (primary N) is 2. The lowest BCUT2D eigenvalue weighted by Gasteiger charge is -2.10. The Labute approximate surface area is 141 Å². The molecule has 1 aliphatic rings. The minimum atomic E-state index is -0.0650. The molecule has 6 nitrogen and oxygen atoms in total. The van der Waals surface area contributed by atoms with E-state index in [0.29, 0.717) is 17.1 Å². The maximum Gasteiger partial charge on any atom is 0.124 e. The number of likely N-dealkylation sites (tertiary alicyclic amines) is 1. The van der Waals surface area contributed by atoms with E-state index in [-0.39, 0.29) is 17.7 Å². The predicted octanol–water partition coefficient (Wildman–Crippen LogP) is 2.07. The number of benzene rings is 1. The van der Waals surface area contributed by atoms with Crippen LogP contribution >= 0.6 is 0 Å². The van der Waals surface area contributed by atoms with Crippen LogP contribution in [0.25, 0.3) is 11.8 Å². The average molecular weight is 323 g/mol. The standard InChI is InChI=1S/C18H21N5O/c1-23-10-12(6-13(23)9-19)16-8-11(18(21)22-16)7-15(20)14-4-2-3-5-17(14)24/h2-5,7-8,12-13,22,24H,6,10,20-21H2,1H3/b15-7-. The minimum Gasteiger partial charge on any atom is -0.507 e. The van der Waals surface area contributed by atoms with E-state index < -0.39 is 0 Å².